The summed E-state index contributed by atoms with van der Waals surface area (Å²) in [7, 11) is 0. The molecule has 0 aromatic carbocycles. The summed E-state index contributed by atoms with van der Waals surface area (Å²) in [5.74, 6) is 0.957. The van der Waals surface area contributed by atoms with E-state index in [9.17, 15) is 5.11 Å². The molecule has 0 amide bonds. The Kier molecular flexibility index (Phi) is 3.94. The average Bonchev–Trinajstić information content (AvgIpc) is 3.20. The number of aromatic nitrogens is 1. The molecule has 1 unspecified atom stereocenters. The van der Waals surface area contributed by atoms with Gasteiger partial charge >= 0.3 is 0 Å². The van der Waals surface area contributed by atoms with Gasteiger partial charge in [-0.3, -0.25) is 4.98 Å². The van der Waals surface area contributed by atoms with Crippen LogP contribution in [0.4, 0.5) is 0 Å². The molecular formula is C19H29N3O. The fraction of sp³-hybridized carbons (Fsp3) is 0.737. The lowest BCUT2D eigenvalue weighted by Gasteiger charge is -2.45. The number of hydrogen-bond donors (Lipinski definition) is 3. The third-order valence-corrected chi connectivity index (χ3v) is 6.88. The van der Waals surface area contributed by atoms with Gasteiger partial charge in [0, 0.05) is 18.8 Å². The fourth-order valence-corrected chi connectivity index (χ4v) is 5.31. The second-order valence-corrected chi connectivity index (χ2v) is 8.04. The van der Waals surface area contributed by atoms with Gasteiger partial charge in [0.2, 0.25) is 0 Å². The molecule has 2 saturated carbocycles. The van der Waals surface area contributed by atoms with Crippen molar-refractivity contribution in [3.8, 4) is 0 Å². The molecule has 3 N–H and O–H groups in total. The summed E-state index contributed by atoms with van der Waals surface area (Å²) in [6.07, 6.45) is 9.39. The normalized spacial score (nSPS) is 41.1. The van der Waals surface area contributed by atoms with Crippen molar-refractivity contribution < 1.29 is 5.11 Å². The first-order valence-corrected chi connectivity index (χ1v) is 9.23. The van der Waals surface area contributed by atoms with Gasteiger partial charge in [-0.25, -0.2) is 0 Å². The van der Waals surface area contributed by atoms with Gasteiger partial charge in [-0.2, -0.15) is 0 Å². The second kappa shape index (κ2) is 5.83. The number of piperidine rings is 1. The maximum absolute atomic E-state index is 11.4. The van der Waals surface area contributed by atoms with E-state index in [0.29, 0.717) is 17.9 Å². The van der Waals surface area contributed by atoms with E-state index in [1.165, 1.54) is 32.1 Å². The maximum Gasteiger partial charge on any atom is 0.124 e. The summed E-state index contributed by atoms with van der Waals surface area (Å²) < 4.78 is 0. The molecule has 4 heteroatoms. The Labute approximate surface area is 139 Å². The van der Waals surface area contributed by atoms with Crippen molar-refractivity contribution in [2.24, 2.45) is 11.3 Å². The van der Waals surface area contributed by atoms with E-state index in [1.807, 2.05) is 18.2 Å². The van der Waals surface area contributed by atoms with E-state index >= 15 is 0 Å². The van der Waals surface area contributed by atoms with Gasteiger partial charge in [0.05, 0.1) is 11.7 Å². The summed E-state index contributed by atoms with van der Waals surface area (Å²) in [6, 6.07) is 6.32. The van der Waals surface area contributed by atoms with Crippen molar-refractivity contribution in [1.82, 2.24) is 15.6 Å². The zero-order chi connectivity index (χ0) is 15.9. The number of nitrogens with one attached hydrogen (secondary N) is 2. The molecule has 126 valence electrons. The molecule has 3 fully saturated rings. The zero-order valence-electron chi connectivity index (χ0n) is 14.1. The second-order valence-electron chi connectivity index (χ2n) is 8.04. The number of aliphatic hydroxyl groups is 1. The average molecular weight is 315 g/mol. The molecule has 2 bridgehead atoms. The van der Waals surface area contributed by atoms with E-state index < -0.39 is 5.60 Å². The van der Waals surface area contributed by atoms with Gasteiger partial charge in [0.15, 0.2) is 0 Å². The first-order valence-electron chi connectivity index (χ1n) is 9.23. The Morgan fingerprint density at radius 1 is 1.30 bits per heavy atom. The number of rotatable bonds is 4. The summed E-state index contributed by atoms with van der Waals surface area (Å²) in [4.78, 5) is 4.46. The van der Waals surface area contributed by atoms with Crippen LogP contribution in [0.2, 0.25) is 0 Å². The maximum atomic E-state index is 11.4. The predicted molar refractivity (Wildman–Crippen MR) is 91.0 cm³/mol. The van der Waals surface area contributed by atoms with Gasteiger partial charge in [-0.1, -0.05) is 6.07 Å². The molecule has 1 aromatic heterocycles. The number of pyridine rings is 1. The van der Waals surface area contributed by atoms with Gasteiger partial charge in [-0.05, 0) is 75.5 Å². The quantitative estimate of drug-likeness (QED) is 0.797. The Balaban J connectivity index is 1.54. The molecule has 4 rings (SSSR count). The molecule has 1 saturated heterocycles. The van der Waals surface area contributed by atoms with Crippen LogP contribution in [0.15, 0.2) is 24.4 Å². The van der Waals surface area contributed by atoms with Crippen LogP contribution in [0, 0.1) is 11.3 Å². The summed E-state index contributed by atoms with van der Waals surface area (Å²) in [5.41, 5.74) is 0.403. The monoisotopic (exact) mass is 315 g/mol. The number of hydrogen-bond acceptors (Lipinski definition) is 4. The summed E-state index contributed by atoms with van der Waals surface area (Å²) in [5, 5.41) is 18.7. The van der Waals surface area contributed by atoms with E-state index in [2.05, 4.69) is 22.5 Å². The first-order chi connectivity index (χ1) is 11.1. The van der Waals surface area contributed by atoms with Crippen molar-refractivity contribution in [2.75, 3.05) is 13.1 Å². The number of fused-ring (bicyclic) bond motifs is 2. The zero-order valence-corrected chi connectivity index (χ0v) is 14.1. The lowest BCUT2D eigenvalue weighted by Crippen LogP contribution is -2.62. The lowest BCUT2D eigenvalue weighted by molar-refractivity contribution is -0.0376. The van der Waals surface area contributed by atoms with Crippen molar-refractivity contribution in [1.29, 1.82) is 0 Å². The first kappa shape index (κ1) is 15.6. The molecule has 3 atom stereocenters. The standard InChI is InChI=1S/C19H29N3O/c1-14(18-7-5-15(12-18)6-8-18)22-17-13-20-11-9-19(17,23)16-4-2-3-10-21-16/h2-4,10,14-15,17,20,22-23H,5-9,11-13H2,1H3/t14?,15?,17-,18?,19+/m1/s1. The van der Waals surface area contributed by atoms with E-state index in [-0.39, 0.29) is 6.04 Å². The van der Waals surface area contributed by atoms with E-state index in [0.717, 1.165) is 24.7 Å². The Hall–Kier alpha value is -0.970. The molecule has 1 aliphatic heterocycles. The minimum absolute atomic E-state index is 0.0233. The van der Waals surface area contributed by atoms with Crippen LogP contribution in [0.25, 0.3) is 0 Å². The van der Waals surface area contributed by atoms with Crippen LogP contribution in [0.5, 0.6) is 0 Å². The molecule has 3 aliphatic rings. The molecule has 0 spiro atoms. The van der Waals surface area contributed by atoms with Gasteiger partial charge in [-0.15, -0.1) is 0 Å². The molecule has 4 nitrogen and oxygen atoms in total. The largest absolute Gasteiger partial charge is 0.382 e. The van der Waals surface area contributed by atoms with Gasteiger partial charge in [0.1, 0.15) is 5.60 Å². The minimum Gasteiger partial charge on any atom is -0.382 e. The van der Waals surface area contributed by atoms with Crippen LogP contribution in [0.3, 0.4) is 0 Å². The highest BCUT2D eigenvalue weighted by Gasteiger charge is 2.50. The van der Waals surface area contributed by atoms with Crippen molar-refractivity contribution >= 4 is 0 Å². The minimum atomic E-state index is -0.867. The third-order valence-electron chi connectivity index (χ3n) is 6.88. The van der Waals surface area contributed by atoms with E-state index in [4.69, 9.17) is 0 Å². The Bertz CT molecular complexity index is 541. The molecular weight excluding hydrogens is 286 g/mol. The summed E-state index contributed by atoms with van der Waals surface area (Å²) >= 11 is 0. The van der Waals surface area contributed by atoms with Gasteiger partial charge < -0.3 is 15.7 Å². The molecule has 0 radical (unpaired) electrons. The smallest absolute Gasteiger partial charge is 0.124 e. The molecule has 2 heterocycles. The Morgan fingerprint density at radius 2 is 2.13 bits per heavy atom. The van der Waals surface area contributed by atoms with Crippen LogP contribution < -0.4 is 10.6 Å². The summed E-state index contributed by atoms with van der Waals surface area (Å²) in [6.45, 7) is 3.98. The SMILES string of the molecule is CC(N[C@@H]1CNCC[C@]1(O)c1ccccn1)C12CCC(CC1)C2. The van der Waals surface area contributed by atoms with Crippen LogP contribution in [-0.2, 0) is 5.60 Å². The lowest BCUT2D eigenvalue weighted by atomic mass is 9.76. The Morgan fingerprint density at radius 3 is 2.78 bits per heavy atom. The predicted octanol–water partition coefficient (Wildman–Crippen LogP) is 2.19. The van der Waals surface area contributed by atoms with Crippen molar-refractivity contribution in [3.63, 3.8) is 0 Å². The van der Waals surface area contributed by atoms with Crippen molar-refractivity contribution in [3.05, 3.63) is 30.1 Å². The molecule has 23 heavy (non-hydrogen) atoms. The molecule has 2 aliphatic carbocycles. The third kappa shape index (κ3) is 2.61. The number of nitrogens with zero attached hydrogens (tertiary/aromatic N) is 1. The van der Waals surface area contributed by atoms with Crippen molar-refractivity contribution in [2.45, 2.75) is 63.1 Å². The molecule has 1 aromatic rings. The van der Waals surface area contributed by atoms with Crippen LogP contribution >= 0.6 is 0 Å². The van der Waals surface area contributed by atoms with Gasteiger partial charge in [0.25, 0.3) is 0 Å². The highest BCUT2D eigenvalue weighted by Crippen LogP contribution is 2.56. The van der Waals surface area contributed by atoms with E-state index in [1.54, 1.807) is 6.20 Å². The van der Waals surface area contributed by atoms with Crippen LogP contribution in [0.1, 0.15) is 51.1 Å². The highest BCUT2D eigenvalue weighted by atomic mass is 16.3. The highest BCUT2D eigenvalue weighted by molar-refractivity contribution is 5.18. The fourth-order valence-electron chi connectivity index (χ4n) is 5.31. The topological polar surface area (TPSA) is 57.2 Å². The van der Waals surface area contributed by atoms with Crippen LogP contribution in [-0.4, -0.2) is 35.3 Å².